The van der Waals surface area contributed by atoms with Crippen molar-refractivity contribution >= 4 is 5.97 Å². The highest BCUT2D eigenvalue weighted by Crippen LogP contribution is 2.17. The van der Waals surface area contributed by atoms with E-state index < -0.39 is 5.97 Å². The van der Waals surface area contributed by atoms with Crippen molar-refractivity contribution in [2.45, 2.75) is 19.8 Å². The molecule has 0 saturated heterocycles. The van der Waals surface area contributed by atoms with Gasteiger partial charge in [0.05, 0.1) is 11.3 Å². The summed E-state index contributed by atoms with van der Waals surface area (Å²) in [7, 11) is 0. The number of hydrogen-bond donors (Lipinski definition) is 1. The molecule has 0 aliphatic carbocycles. The second-order valence-corrected chi connectivity index (χ2v) is 3.79. The van der Waals surface area contributed by atoms with E-state index in [1.54, 1.807) is 30.6 Å². The minimum atomic E-state index is -0.920. The number of imidazole rings is 1. The summed E-state index contributed by atoms with van der Waals surface area (Å²) in [4.78, 5) is 15.4. The molecule has 0 spiro atoms. The smallest absolute Gasteiger partial charge is 0.337 e. The van der Waals surface area contributed by atoms with Crippen LogP contribution >= 0.6 is 0 Å². The van der Waals surface area contributed by atoms with E-state index in [0.29, 0.717) is 11.3 Å². The van der Waals surface area contributed by atoms with Gasteiger partial charge in [0.25, 0.3) is 0 Å². The third-order valence-electron chi connectivity index (χ3n) is 2.58. The van der Waals surface area contributed by atoms with Gasteiger partial charge in [-0.3, -0.25) is 0 Å². The molecule has 2 aromatic rings. The van der Waals surface area contributed by atoms with Crippen LogP contribution in [0.25, 0.3) is 5.69 Å². The summed E-state index contributed by atoms with van der Waals surface area (Å²) in [6, 6.07) is 6.96. The molecule has 0 saturated carbocycles. The van der Waals surface area contributed by atoms with Crippen LogP contribution in [0.4, 0.5) is 0 Å². The Balaban J connectivity index is 2.52. The van der Waals surface area contributed by atoms with Crippen molar-refractivity contribution in [3.05, 3.63) is 48.0 Å². The number of carbonyl (C=O) groups is 1. The third-order valence-corrected chi connectivity index (χ3v) is 2.58. The van der Waals surface area contributed by atoms with Gasteiger partial charge in [0.1, 0.15) is 5.82 Å². The van der Waals surface area contributed by atoms with E-state index in [9.17, 15) is 4.79 Å². The highest BCUT2D eigenvalue weighted by molar-refractivity contribution is 5.91. The van der Waals surface area contributed by atoms with Gasteiger partial charge >= 0.3 is 5.97 Å². The van der Waals surface area contributed by atoms with Gasteiger partial charge in [0, 0.05) is 18.8 Å². The van der Waals surface area contributed by atoms with Gasteiger partial charge in [0.2, 0.25) is 0 Å². The number of carboxylic acid groups (broad SMARTS) is 1. The SMILES string of the molecule is CCCc1nccn1-c1ccccc1C(=O)O. The number of carboxylic acids is 1. The Kier molecular flexibility index (Phi) is 3.23. The van der Waals surface area contributed by atoms with Crippen LogP contribution in [0.3, 0.4) is 0 Å². The lowest BCUT2D eigenvalue weighted by molar-refractivity contribution is 0.0697. The zero-order valence-corrected chi connectivity index (χ0v) is 9.63. The zero-order valence-electron chi connectivity index (χ0n) is 9.63. The fraction of sp³-hybridized carbons (Fsp3) is 0.231. The van der Waals surface area contributed by atoms with Crippen molar-refractivity contribution in [2.24, 2.45) is 0 Å². The Hall–Kier alpha value is -2.10. The summed E-state index contributed by atoms with van der Waals surface area (Å²) in [6.45, 7) is 2.07. The summed E-state index contributed by atoms with van der Waals surface area (Å²) in [5.41, 5.74) is 0.962. The van der Waals surface area contributed by atoms with E-state index in [1.807, 2.05) is 10.6 Å². The van der Waals surface area contributed by atoms with Crippen molar-refractivity contribution in [2.75, 3.05) is 0 Å². The Bertz CT molecular complexity index is 532. The molecule has 17 heavy (non-hydrogen) atoms. The lowest BCUT2D eigenvalue weighted by Gasteiger charge is -2.09. The number of nitrogens with zero attached hydrogens (tertiary/aromatic N) is 2. The zero-order chi connectivity index (χ0) is 12.3. The van der Waals surface area contributed by atoms with E-state index in [1.165, 1.54) is 0 Å². The molecular weight excluding hydrogens is 216 g/mol. The fourth-order valence-electron chi connectivity index (χ4n) is 1.83. The number of hydrogen-bond acceptors (Lipinski definition) is 2. The molecule has 4 nitrogen and oxygen atoms in total. The van der Waals surface area contributed by atoms with Gasteiger partial charge in [0.15, 0.2) is 0 Å². The maximum atomic E-state index is 11.2. The third kappa shape index (κ3) is 2.20. The molecule has 1 aromatic carbocycles. The Labute approximate surface area is 99.5 Å². The number of para-hydroxylation sites is 1. The van der Waals surface area contributed by atoms with Crippen LogP contribution < -0.4 is 0 Å². The van der Waals surface area contributed by atoms with Gasteiger partial charge in [-0.25, -0.2) is 9.78 Å². The number of aryl methyl sites for hydroxylation is 1. The first kappa shape index (κ1) is 11.4. The van der Waals surface area contributed by atoms with E-state index >= 15 is 0 Å². The van der Waals surface area contributed by atoms with E-state index in [-0.39, 0.29) is 0 Å². The maximum Gasteiger partial charge on any atom is 0.337 e. The molecule has 4 heteroatoms. The minimum absolute atomic E-state index is 0.294. The second-order valence-electron chi connectivity index (χ2n) is 3.79. The monoisotopic (exact) mass is 230 g/mol. The van der Waals surface area contributed by atoms with Crippen LogP contribution in [0.5, 0.6) is 0 Å². The molecule has 0 amide bonds. The standard InChI is InChI=1S/C13H14N2O2/c1-2-5-12-14-8-9-15(12)11-7-4-3-6-10(11)13(16)17/h3-4,6-9H,2,5H2,1H3,(H,16,17). The van der Waals surface area contributed by atoms with Crippen LogP contribution in [0, 0.1) is 0 Å². The van der Waals surface area contributed by atoms with Crippen LogP contribution in [0.1, 0.15) is 29.5 Å². The number of rotatable bonds is 4. The van der Waals surface area contributed by atoms with Gasteiger partial charge in [-0.05, 0) is 18.6 Å². The summed E-state index contributed by atoms with van der Waals surface area (Å²) in [6.07, 6.45) is 5.31. The van der Waals surface area contributed by atoms with E-state index in [4.69, 9.17) is 5.11 Å². The first-order chi connectivity index (χ1) is 8.24. The molecule has 0 aliphatic heterocycles. The summed E-state index contributed by atoms with van der Waals surface area (Å²) >= 11 is 0. The molecule has 0 radical (unpaired) electrons. The highest BCUT2D eigenvalue weighted by Gasteiger charge is 2.12. The quantitative estimate of drug-likeness (QED) is 0.878. The van der Waals surface area contributed by atoms with Crippen molar-refractivity contribution in [3.63, 3.8) is 0 Å². The van der Waals surface area contributed by atoms with Crippen molar-refractivity contribution < 1.29 is 9.90 Å². The molecule has 0 unspecified atom stereocenters. The minimum Gasteiger partial charge on any atom is -0.478 e. The normalized spacial score (nSPS) is 10.4. The Morgan fingerprint density at radius 1 is 1.41 bits per heavy atom. The van der Waals surface area contributed by atoms with E-state index in [0.717, 1.165) is 18.7 Å². The van der Waals surface area contributed by atoms with Gasteiger partial charge in [-0.2, -0.15) is 0 Å². The highest BCUT2D eigenvalue weighted by atomic mass is 16.4. The molecule has 0 bridgehead atoms. The lowest BCUT2D eigenvalue weighted by atomic mass is 10.1. The molecule has 1 heterocycles. The second kappa shape index (κ2) is 4.82. The van der Waals surface area contributed by atoms with Crippen LogP contribution in [0.2, 0.25) is 0 Å². The van der Waals surface area contributed by atoms with Crippen LogP contribution in [-0.2, 0) is 6.42 Å². The van der Waals surface area contributed by atoms with Crippen LogP contribution in [0.15, 0.2) is 36.7 Å². The number of benzene rings is 1. The predicted molar refractivity (Wildman–Crippen MR) is 64.5 cm³/mol. The van der Waals surface area contributed by atoms with E-state index in [2.05, 4.69) is 11.9 Å². The summed E-state index contributed by atoms with van der Waals surface area (Å²) < 4.78 is 1.84. The number of aromatic nitrogens is 2. The van der Waals surface area contributed by atoms with Crippen molar-refractivity contribution in [3.8, 4) is 5.69 Å². The molecular formula is C13H14N2O2. The fourth-order valence-corrected chi connectivity index (χ4v) is 1.83. The van der Waals surface area contributed by atoms with Crippen molar-refractivity contribution in [1.82, 2.24) is 9.55 Å². The first-order valence-electron chi connectivity index (χ1n) is 5.59. The summed E-state index contributed by atoms with van der Waals surface area (Å²) in [5.74, 6) is -0.0297. The number of aromatic carboxylic acids is 1. The average Bonchev–Trinajstić information content (AvgIpc) is 2.77. The molecule has 0 aliphatic rings. The molecule has 0 atom stereocenters. The topological polar surface area (TPSA) is 55.1 Å². The molecule has 1 aromatic heterocycles. The largest absolute Gasteiger partial charge is 0.478 e. The first-order valence-corrected chi connectivity index (χ1v) is 5.59. The maximum absolute atomic E-state index is 11.2. The Morgan fingerprint density at radius 2 is 2.18 bits per heavy atom. The summed E-state index contributed by atoms with van der Waals surface area (Å²) in [5, 5.41) is 9.15. The molecule has 88 valence electrons. The molecule has 1 N–H and O–H groups in total. The van der Waals surface area contributed by atoms with Gasteiger partial charge in [-0.15, -0.1) is 0 Å². The lowest BCUT2D eigenvalue weighted by Crippen LogP contribution is -2.07. The van der Waals surface area contributed by atoms with Gasteiger partial charge < -0.3 is 9.67 Å². The predicted octanol–water partition coefficient (Wildman–Crippen LogP) is 2.52. The van der Waals surface area contributed by atoms with Crippen molar-refractivity contribution in [1.29, 1.82) is 0 Å². The molecule has 2 rings (SSSR count). The molecule has 0 fully saturated rings. The van der Waals surface area contributed by atoms with Crippen LogP contribution in [-0.4, -0.2) is 20.6 Å². The average molecular weight is 230 g/mol. The van der Waals surface area contributed by atoms with Gasteiger partial charge in [-0.1, -0.05) is 19.1 Å². The Morgan fingerprint density at radius 3 is 2.88 bits per heavy atom.